The number of halogens is 3. The SMILES string of the molecule is CCNC(=NCc1csc(N(C)C)n1)NC1CC1c1c(F)cccc1F.I. The van der Waals surface area contributed by atoms with Crippen molar-refractivity contribution >= 4 is 46.4 Å². The molecule has 5 nitrogen and oxygen atoms in total. The van der Waals surface area contributed by atoms with Crippen LogP contribution in [0, 0.1) is 11.6 Å². The number of rotatable bonds is 6. The average Bonchev–Trinajstić information content (AvgIpc) is 3.16. The number of anilines is 1. The van der Waals surface area contributed by atoms with E-state index in [1.54, 1.807) is 11.3 Å². The van der Waals surface area contributed by atoms with Gasteiger partial charge in [0.25, 0.3) is 0 Å². The van der Waals surface area contributed by atoms with E-state index in [0.29, 0.717) is 25.5 Å². The van der Waals surface area contributed by atoms with Crippen molar-refractivity contribution in [3.63, 3.8) is 0 Å². The van der Waals surface area contributed by atoms with E-state index >= 15 is 0 Å². The van der Waals surface area contributed by atoms with Crippen molar-refractivity contribution < 1.29 is 8.78 Å². The first-order chi connectivity index (χ1) is 12.5. The van der Waals surface area contributed by atoms with E-state index in [1.165, 1.54) is 18.2 Å². The molecule has 2 N–H and O–H groups in total. The third kappa shape index (κ3) is 5.50. The molecule has 2 aromatic rings. The van der Waals surface area contributed by atoms with Crippen molar-refractivity contribution in [2.75, 3.05) is 25.5 Å². The number of aliphatic imine (C=N–C) groups is 1. The fourth-order valence-electron chi connectivity index (χ4n) is 2.77. The number of thiazole rings is 1. The minimum absolute atomic E-state index is 0. The van der Waals surface area contributed by atoms with Gasteiger partial charge in [-0.3, -0.25) is 0 Å². The molecule has 0 bridgehead atoms. The van der Waals surface area contributed by atoms with E-state index in [2.05, 4.69) is 20.6 Å². The monoisotopic (exact) mass is 507 g/mol. The Bertz CT molecular complexity index is 776. The molecule has 1 aromatic heterocycles. The van der Waals surface area contributed by atoms with Crippen LogP contribution in [0.25, 0.3) is 0 Å². The van der Waals surface area contributed by atoms with Crippen molar-refractivity contribution in [1.82, 2.24) is 15.6 Å². The van der Waals surface area contributed by atoms with Gasteiger partial charge in [-0.25, -0.2) is 18.8 Å². The molecular weight excluding hydrogens is 483 g/mol. The molecule has 1 saturated carbocycles. The van der Waals surface area contributed by atoms with Gasteiger partial charge in [0.2, 0.25) is 0 Å². The lowest BCUT2D eigenvalue weighted by molar-refractivity contribution is 0.553. The highest BCUT2D eigenvalue weighted by molar-refractivity contribution is 14.0. The normalized spacial score (nSPS) is 18.6. The number of benzene rings is 1. The molecular formula is C18H24F2IN5S. The number of hydrogen-bond donors (Lipinski definition) is 2. The van der Waals surface area contributed by atoms with Gasteiger partial charge in [-0.1, -0.05) is 6.07 Å². The minimum Gasteiger partial charge on any atom is -0.357 e. The molecule has 1 aliphatic carbocycles. The van der Waals surface area contributed by atoms with Crippen molar-refractivity contribution in [2.24, 2.45) is 4.99 Å². The van der Waals surface area contributed by atoms with Crippen LogP contribution in [0.5, 0.6) is 0 Å². The van der Waals surface area contributed by atoms with Gasteiger partial charge in [-0.2, -0.15) is 0 Å². The summed E-state index contributed by atoms with van der Waals surface area (Å²) in [5.74, 6) is -0.504. The largest absolute Gasteiger partial charge is 0.357 e. The van der Waals surface area contributed by atoms with Crippen LogP contribution in [-0.2, 0) is 6.54 Å². The summed E-state index contributed by atoms with van der Waals surface area (Å²) in [6.07, 6.45) is 0.684. The van der Waals surface area contributed by atoms with Crippen LogP contribution < -0.4 is 15.5 Å². The third-order valence-electron chi connectivity index (χ3n) is 4.15. The van der Waals surface area contributed by atoms with E-state index in [-0.39, 0.29) is 41.5 Å². The summed E-state index contributed by atoms with van der Waals surface area (Å²) in [5.41, 5.74) is 1.05. The standard InChI is InChI=1S/C18H23F2N5S.HI/c1-4-21-17(22-9-11-10-26-18(23-11)25(2)3)24-15-8-12(15)16-13(19)6-5-7-14(16)20;/h5-7,10,12,15H,4,8-9H2,1-3H3,(H2,21,22,24);1H. The zero-order chi connectivity index (χ0) is 18.7. The Morgan fingerprint density at radius 2 is 2.04 bits per heavy atom. The van der Waals surface area contributed by atoms with Crippen LogP contribution in [0.3, 0.4) is 0 Å². The molecule has 2 atom stereocenters. The topological polar surface area (TPSA) is 52.6 Å². The summed E-state index contributed by atoms with van der Waals surface area (Å²) in [6, 6.07) is 3.97. The second-order valence-corrected chi connectivity index (χ2v) is 7.28. The Morgan fingerprint density at radius 1 is 1.33 bits per heavy atom. The first-order valence-electron chi connectivity index (χ1n) is 8.60. The maximum absolute atomic E-state index is 13.9. The lowest BCUT2D eigenvalue weighted by atomic mass is 10.1. The van der Waals surface area contributed by atoms with Gasteiger partial charge in [-0.05, 0) is 25.5 Å². The predicted octanol–water partition coefficient (Wildman–Crippen LogP) is 3.72. The molecule has 0 spiro atoms. The second kappa shape index (κ2) is 9.63. The molecule has 3 rings (SSSR count). The molecule has 1 fully saturated rings. The van der Waals surface area contributed by atoms with Crippen molar-refractivity contribution in [3.8, 4) is 0 Å². The molecule has 1 aromatic carbocycles. The van der Waals surface area contributed by atoms with Gasteiger partial charge >= 0.3 is 0 Å². The van der Waals surface area contributed by atoms with E-state index in [9.17, 15) is 8.78 Å². The molecule has 27 heavy (non-hydrogen) atoms. The van der Waals surface area contributed by atoms with E-state index < -0.39 is 11.6 Å². The van der Waals surface area contributed by atoms with Crippen molar-refractivity contribution in [3.05, 3.63) is 46.5 Å². The lowest BCUT2D eigenvalue weighted by Gasteiger charge is -2.11. The van der Waals surface area contributed by atoms with Crippen LogP contribution in [0.4, 0.5) is 13.9 Å². The summed E-state index contributed by atoms with van der Waals surface area (Å²) in [7, 11) is 3.90. The van der Waals surface area contributed by atoms with Crippen LogP contribution >= 0.6 is 35.3 Å². The molecule has 148 valence electrons. The molecule has 0 saturated heterocycles. The fraction of sp³-hybridized carbons (Fsp3) is 0.444. The number of nitrogens with zero attached hydrogens (tertiary/aromatic N) is 3. The Morgan fingerprint density at radius 3 is 2.63 bits per heavy atom. The van der Waals surface area contributed by atoms with Crippen LogP contribution in [0.15, 0.2) is 28.6 Å². The Hall–Kier alpha value is -1.49. The van der Waals surface area contributed by atoms with E-state index in [0.717, 1.165) is 10.8 Å². The number of aromatic nitrogens is 1. The summed E-state index contributed by atoms with van der Waals surface area (Å²) < 4.78 is 27.8. The zero-order valence-corrected chi connectivity index (χ0v) is 18.6. The van der Waals surface area contributed by atoms with Crippen LogP contribution in [0.2, 0.25) is 0 Å². The Balaban J connectivity index is 0.00000261. The summed E-state index contributed by atoms with van der Waals surface area (Å²) in [6.45, 7) is 3.13. The first kappa shape index (κ1) is 21.8. The highest BCUT2D eigenvalue weighted by Gasteiger charge is 2.42. The lowest BCUT2D eigenvalue weighted by Crippen LogP contribution is -2.39. The maximum Gasteiger partial charge on any atom is 0.191 e. The Labute approximate surface area is 179 Å². The maximum atomic E-state index is 13.9. The van der Waals surface area contributed by atoms with Gasteiger partial charge in [0.05, 0.1) is 12.2 Å². The van der Waals surface area contributed by atoms with Crippen LogP contribution in [0.1, 0.15) is 30.5 Å². The van der Waals surface area contributed by atoms with Gasteiger partial charge in [-0.15, -0.1) is 35.3 Å². The first-order valence-corrected chi connectivity index (χ1v) is 9.48. The predicted molar refractivity (Wildman–Crippen MR) is 117 cm³/mol. The summed E-state index contributed by atoms with van der Waals surface area (Å²) >= 11 is 1.57. The molecule has 1 heterocycles. The Kier molecular flexibility index (Phi) is 7.78. The molecule has 0 radical (unpaired) electrons. The zero-order valence-electron chi connectivity index (χ0n) is 15.5. The molecule has 2 unspecified atom stereocenters. The third-order valence-corrected chi connectivity index (χ3v) is 5.21. The minimum atomic E-state index is -0.486. The highest BCUT2D eigenvalue weighted by Crippen LogP contribution is 2.43. The second-order valence-electron chi connectivity index (χ2n) is 6.44. The number of nitrogens with one attached hydrogen (secondary N) is 2. The van der Waals surface area contributed by atoms with Crippen LogP contribution in [-0.4, -0.2) is 37.6 Å². The molecule has 1 aliphatic rings. The average molecular weight is 507 g/mol. The van der Waals surface area contributed by atoms with Crippen molar-refractivity contribution in [2.45, 2.75) is 31.8 Å². The smallest absolute Gasteiger partial charge is 0.191 e. The molecule has 0 amide bonds. The summed E-state index contributed by atoms with van der Waals surface area (Å²) in [5, 5.41) is 9.36. The van der Waals surface area contributed by atoms with E-state index in [4.69, 9.17) is 0 Å². The fourth-order valence-corrected chi connectivity index (χ4v) is 3.52. The van der Waals surface area contributed by atoms with E-state index in [1.807, 2.05) is 31.3 Å². The molecule has 0 aliphatic heterocycles. The highest BCUT2D eigenvalue weighted by atomic mass is 127. The van der Waals surface area contributed by atoms with Gasteiger partial charge in [0, 0.05) is 43.5 Å². The number of hydrogen-bond acceptors (Lipinski definition) is 4. The van der Waals surface area contributed by atoms with Gasteiger partial charge < -0.3 is 15.5 Å². The quantitative estimate of drug-likeness (QED) is 0.356. The number of guanidine groups is 1. The van der Waals surface area contributed by atoms with Gasteiger partial charge in [0.15, 0.2) is 11.1 Å². The summed E-state index contributed by atoms with van der Waals surface area (Å²) in [4.78, 5) is 11.0. The van der Waals surface area contributed by atoms with Gasteiger partial charge in [0.1, 0.15) is 11.6 Å². The molecule has 9 heteroatoms. The van der Waals surface area contributed by atoms with Crippen molar-refractivity contribution in [1.29, 1.82) is 0 Å².